The topological polar surface area (TPSA) is 43.4 Å². The van der Waals surface area contributed by atoms with Crippen molar-refractivity contribution < 1.29 is 9.47 Å². The molecule has 0 saturated heterocycles. The van der Waals surface area contributed by atoms with Crippen LogP contribution in [0.4, 0.5) is 0 Å². The number of rotatable bonds is 10. The number of hydrogen-bond acceptors (Lipinski definition) is 4. The lowest BCUT2D eigenvalue weighted by Crippen LogP contribution is -2.18. The normalized spacial score (nSPS) is 12.4. The largest absolute Gasteiger partial charge is 0.492 e. The van der Waals surface area contributed by atoms with E-state index in [-0.39, 0.29) is 6.04 Å². The Kier molecular flexibility index (Phi) is 8.18. The van der Waals surface area contributed by atoms with Crippen molar-refractivity contribution in [3.05, 3.63) is 24.0 Å². The monoisotopic (exact) mass is 266 g/mol. The summed E-state index contributed by atoms with van der Waals surface area (Å²) >= 11 is 0. The molecular weight excluding hydrogens is 240 g/mol. The molecule has 1 aromatic rings. The average Bonchev–Trinajstić information content (AvgIpc) is 2.45. The van der Waals surface area contributed by atoms with Crippen molar-refractivity contribution in [2.75, 3.05) is 26.9 Å². The van der Waals surface area contributed by atoms with Gasteiger partial charge in [-0.15, -0.1) is 0 Å². The Bertz CT molecular complexity index is 345. The maximum atomic E-state index is 5.61. The summed E-state index contributed by atoms with van der Waals surface area (Å²) in [5, 5.41) is 3.30. The van der Waals surface area contributed by atoms with Gasteiger partial charge in [0, 0.05) is 25.5 Å². The van der Waals surface area contributed by atoms with Crippen LogP contribution in [0.25, 0.3) is 0 Å². The standard InChI is InChI=1S/C15H26N2O2/c1-4-7-18-9-6-15(16-3)13-10-14(12-17-11-13)19-8-5-2/h10-12,15-16H,4-9H2,1-3H3. The number of hydrogen-bond donors (Lipinski definition) is 1. The summed E-state index contributed by atoms with van der Waals surface area (Å²) in [6, 6.07) is 2.32. The number of ether oxygens (including phenoxy) is 2. The van der Waals surface area contributed by atoms with E-state index in [0.717, 1.165) is 50.4 Å². The molecule has 0 bridgehead atoms. The zero-order chi connectivity index (χ0) is 13.9. The summed E-state index contributed by atoms with van der Waals surface area (Å²) in [4.78, 5) is 4.24. The van der Waals surface area contributed by atoms with Crippen LogP contribution in [0.15, 0.2) is 18.5 Å². The number of nitrogens with one attached hydrogen (secondary N) is 1. The number of aromatic nitrogens is 1. The summed E-state index contributed by atoms with van der Waals surface area (Å²) in [5.41, 5.74) is 1.15. The van der Waals surface area contributed by atoms with Crippen molar-refractivity contribution in [3.8, 4) is 5.75 Å². The molecule has 0 saturated carbocycles. The van der Waals surface area contributed by atoms with E-state index in [4.69, 9.17) is 9.47 Å². The van der Waals surface area contributed by atoms with Gasteiger partial charge in [-0.05, 0) is 37.9 Å². The van der Waals surface area contributed by atoms with E-state index >= 15 is 0 Å². The first-order valence-corrected chi connectivity index (χ1v) is 7.14. The van der Waals surface area contributed by atoms with Gasteiger partial charge in [-0.25, -0.2) is 0 Å². The molecule has 1 rings (SSSR count). The van der Waals surface area contributed by atoms with E-state index in [0.29, 0.717) is 0 Å². The minimum absolute atomic E-state index is 0.259. The Balaban J connectivity index is 2.54. The molecule has 0 amide bonds. The van der Waals surface area contributed by atoms with Crippen molar-refractivity contribution in [1.82, 2.24) is 10.3 Å². The average molecular weight is 266 g/mol. The molecule has 1 unspecified atom stereocenters. The van der Waals surface area contributed by atoms with Crippen molar-refractivity contribution in [2.45, 2.75) is 39.2 Å². The molecule has 1 aromatic heterocycles. The molecular formula is C15H26N2O2. The second kappa shape index (κ2) is 9.75. The molecule has 1 N–H and O–H groups in total. The van der Waals surface area contributed by atoms with Crippen LogP contribution in [0.1, 0.15) is 44.7 Å². The summed E-state index contributed by atoms with van der Waals surface area (Å²) in [7, 11) is 1.96. The van der Waals surface area contributed by atoms with Crippen LogP contribution in [0, 0.1) is 0 Å². The predicted molar refractivity (Wildman–Crippen MR) is 77.6 cm³/mol. The van der Waals surface area contributed by atoms with Crippen LogP contribution in [0.2, 0.25) is 0 Å². The van der Waals surface area contributed by atoms with Gasteiger partial charge in [-0.1, -0.05) is 13.8 Å². The van der Waals surface area contributed by atoms with Gasteiger partial charge >= 0.3 is 0 Å². The quantitative estimate of drug-likeness (QED) is 0.661. The summed E-state index contributed by atoms with van der Waals surface area (Å²) in [6.45, 7) is 6.54. The Morgan fingerprint density at radius 2 is 1.95 bits per heavy atom. The van der Waals surface area contributed by atoms with Crippen LogP contribution < -0.4 is 10.1 Å². The van der Waals surface area contributed by atoms with Gasteiger partial charge in [-0.2, -0.15) is 0 Å². The molecule has 0 spiro atoms. The molecule has 108 valence electrons. The Morgan fingerprint density at radius 3 is 2.63 bits per heavy atom. The lowest BCUT2D eigenvalue weighted by atomic mass is 10.1. The zero-order valence-electron chi connectivity index (χ0n) is 12.3. The van der Waals surface area contributed by atoms with E-state index in [1.807, 2.05) is 13.2 Å². The van der Waals surface area contributed by atoms with Gasteiger partial charge in [0.15, 0.2) is 0 Å². The SMILES string of the molecule is CCCOCCC(NC)c1cncc(OCCC)c1. The highest BCUT2D eigenvalue weighted by molar-refractivity contribution is 5.26. The number of nitrogens with zero attached hydrogens (tertiary/aromatic N) is 1. The lowest BCUT2D eigenvalue weighted by molar-refractivity contribution is 0.125. The van der Waals surface area contributed by atoms with Gasteiger partial charge in [0.2, 0.25) is 0 Å². The Morgan fingerprint density at radius 1 is 1.16 bits per heavy atom. The summed E-state index contributed by atoms with van der Waals surface area (Å²) < 4.78 is 11.2. The first-order chi connectivity index (χ1) is 9.31. The fourth-order valence-electron chi connectivity index (χ4n) is 1.85. The van der Waals surface area contributed by atoms with Crippen molar-refractivity contribution in [2.24, 2.45) is 0 Å². The smallest absolute Gasteiger partial charge is 0.137 e. The van der Waals surface area contributed by atoms with Gasteiger partial charge in [-0.3, -0.25) is 4.98 Å². The minimum atomic E-state index is 0.259. The molecule has 0 aliphatic heterocycles. The molecule has 0 radical (unpaired) electrons. The summed E-state index contributed by atoms with van der Waals surface area (Å²) in [5.74, 6) is 0.842. The van der Waals surface area contributed by atoms with Crippen LogP contribution in [-0.4, -0.2) is 31.9 Å². The third kappa shape index (κ3) is 6.03. The first kappa shape index (κ1) is 15.9. The molecule has 1 heterocycles. The molecule has 1 atom stereocenters. The second-order valence-corrected chi connectivity index (χ2v) is 4.54. The van der Waals surface area contributed by atoms with Gasteiger partial charge in [0.25, 0.3) is 0 Å². The summed E-state index contributed by atoms with van der Waals surface area (Å²) in [6.07, 6.45) is 6.66. The van der Waals surface area contributed by atoms with Gasteiger partial charge in [0.1, 0.15) is 5.75 Å². The highest BCUT2D eigenvalue weighted by Crippen LogP contribution is 2.20. The van der Waals surface area contributed by atoms with Crippen LogP contribution in [-0.2, 0) is 4.74 Å². The third-order valence-corrected chi connectivity index (χ3v) is 2.86. The third-order valence-electron chi connectivity index (χ3n) is 2.86. The first-order valence-electron chi connectivity index (χ1n) is 7.14. The van der Waals surface area contributed by atoms with Crippen LogP contribution in [0.3, 0.4) is 0 Å². The second-order valence-electron chi connectivity index (χ2n) is 4.54. The fourth-order valence-corrected chi connectivity index (χ4v) is 1.85. The predicted octanol–water partition coefficient (Wildman–Crippen LogP) is 2.95. The minimum Gasteiger partial charge on any atom is -0.492 e. The van der Waals surface area contributed by atoms with Gasteiger partial charge in [0.05, 0.1) is 12.8 Å². The highest BCUT2D eigenvalue weighted by atomic mass is 16.5. The molecule has 0 aromatic carbocycles. The highest BCUT2D eigenvalue weighted by Gasteiger charge is 2.10. The molecule has 19 heavy (non-hydrogen) atoms. The molecule has 0 aliphatic carbocycles. The van der Waals surface area contributed by atoms with Crippen molar-refractivity contribution in [3.63, 3.8) is 0 Å². The maximum Gasteiger partial charge on any atom is 0.137 e. The molecule has 0 fully saturated rings. The van der Waals surface area contributed by atoms with E-state index < -0.39 is 0 Å². The van der Waals surface area contributed by atoms with Gasteiger partial charge < -0.3 is 14.8 Å². The van der Waals surface area contributed by atoms with Crippen molar-refractivity contribution >= 4 is 0 Å². The number of pyridine rings is 1. The van der Waals surface area contributed by atoms with E-state index in [9.17, 15) is 0 Å². The Labute approximate surface area is 116 Å². The zero-order valence-corrected chi connectivity index (χ0v) is 12.3. The molecule has 0 aliphatic rings. The Hall–Kier alpha value is -1.13. The van der Waals surface area contributed by atoms with Crippen LogP contribution in [0.5, 0.6) is 5.75 Å². The van der Waals surface area contributed by atoms with Crippen molar-refractivity contribution in [1.29, 1.82) is 0 Å². The maximum absolute atomic E-state index is 5.61. The fraction of sp³-hybridized carbons (Fsp3) is 0.667. The molecule has 4 nitrogen and oxygen atoms in total. The van der Waals surface area contributed by atoms with Crippen LogP contribution >= 0.6 is 0 Å². The lowest BCUT2D eigenvalue weighted by Gasteiger charge is -2.17. The van der Waals surface area contributed by atoms with E-state index in [2.05, 4.69) is 30.2 Å². The van der Waals surface area contributed by atoms with E-state index in [1.54, 1.807) is 6.20 Å². The van der Waals surface area contributed by atoms with E-state index in [1.165, 1.54) is 0 Å². The molecule has 4 heteroatoms.